The molecule has 1 aliphatic rings. The van der Waals surface area contributed by atoms with Crippen LogP contribution in [0.4, 0.5) is 0 Å². The number of carbonyl (C=O) groups excluding carboxylic acids is 2. The minimum atomic E-state index is -0.390. The van der Waals surface area contributed by atoms with Gasteiger partial charge in [0, 0.05) is 16.5 Å². The Morgan fingerprint density at radius 2 is 2.12 bits per heavy atom. The third-order valence-corrected chi connectivity index (χ3v) is 6.89. The number of amides is 2. The van der Waals surface area contributed by atoms with Crippen molar-refractivity contribution in [2.24, 2.45) is 11.5 Å². The summed E-state index contributed by atoms with van der Waals surface area (Å²) in [4.78, 5) is 24.2. The zero-order valence-electron chi connectivity index (χ0n) is 13.3. The monoisotopic (exact) mass is 363 g/mol. The van der Waals surface area contributed by atoms with Crippen molar-refractivity contribution in [3.05, 3.63) is 34.7 Å². The van der Waals surface area contributed by atoms with Crippen molar-refractivity contribution in [1.82, 2.24) is 5.32 Å². The number of hydrogen-bond acceptors (Lipinski definition) is 5. The molecule has 1 aliphatic heterocycles. The standard InChI is InChI=1S/C17H21N3O2S2/c18-7-2-8-20-17(22)14-6-5-13(23-14)10-3-1-4-12-11(10)9-15(24-12)16(19)21/h1,3-4,9,13-14H,2,5-8,18H2,(H2,19,21)(H,20,22). The predicted molar refractivity (Wildman–Crippen MR) is 100 cm³/mol. The highest BCUT2D eigenvalue weighted by atomic mass is 32.2. The molecule has 0 saturated carbocycles. The van der Waals surface area contributed by atoms with E-state index in [4.69, 9.17) is 11.5 Å². The normalized spacial score (nSPS) is 20.4. The molecule has 24 heavy (non-hydrogen) atoms. The van der Waals surface area contributed by atoms with Gasteiger partial charge >= 0.3 is 0 Å². The summed E-state index contributed by atoms with van der Waals surface area (Å²) in [6.07, 6.45) is 2.63. The Hall–Kier alpha value is -1.57. The van der Waals surface area contributed by atoms with Gasteiger partial charge in [0.05, 0.1) is 10.1 Å². The highest BCUT2D eigenvalue weighted by Gasteiger charge is 2.32. The zero-order valence-corrected chi connectivity index (χ0v) is 14.9. The Balaban J connectivity index is 1.75. The van der Waals surface area contributed by atoms with Gasteiger partial charge in [0.25, 0.3) is 5.91 Å². The summed E-state index contributed by atoms with van der Waals surface area (Å²) in [5.41, 5.74) is 12.1. The predicted octanol–water partition coefficient (Wildman–Crippen LogP) is 2.40. The number of thiophene rings is 1. The van der Waals surface area contributed by atoms with E-state index in [-0.39, 0.29) is 16.4 Å². The zero-order chi connectivity index (χ0) is 17.1. The van der Waals surface area contributed by atoms with E-state index >= 15 is 0 Å². The molecule has 1 saturated heterocycles. The summed E-state index contributed by atoms with van der Waals surface area (Å²) in [5, 5.41) is 4.29. The first-order valence-corrected chi connectivity index (χ1v) is 9.81. The number of nitrogens with two attached hydrogens (primary N) is 2. The van der Waals surface area contributed by atoms with Crippen LogP contribution in [0.25, 0.3) is 10.1 Å². The van der Waals surface area contributed by atoms with E-state index in [0.29, 0.717) is 18.0 Å². The number of carbonyl (C=O) groups is 2. The summed E-state index contributed by atoms with van der Waals surface area (Å²) >= 11 is 3.13. The topological polar surface area (TPSA) is 98.2 Å². The van der Waals surface area contributed by atoms with Gasteiger partial charge in [-0.25, -0.2) is 0 Å². The smallest absolute Gasteiger partial charge is 0.258 e. The highest BCUT2D eigenvalue weighted by Crippen LogP contribution is 2.47. The first-order valence-electron chi connectivity index (χ1n) is 8.05. The molecule has 1 fully saturated rings. The number of hydrogen-bond donors (Lipinski definition) is 3. The van der Waals surface area contributed by atoms with Crippen LogP contribution in [-0.4, -0.2) is 30.2 Å². The lowest BCUT2D eigenvalue weighted by atomic mass is 10.0. The van der Waals surface area contributed by atoms with E-state index in [1.54, 1.807) is 11.8 Å². The highest BCUT2D eigenvalue weighted by molar-refractivity contribution is 8.01. The molecule has 0 radical (unpaired) electrons. The first-order chi connectivity index (χ1) is 11.6. The van der Waals surface area contributed by atoms with E-state index in [1.165, 1.54) is 16.9 Å². The fourth-order valence-electron chi connectivity index (χ4n) is 2.97. The summed E-state index contributed by atoms with van der Waals surface area (Å²) in [5.74, 6) is -0.287. The van der Waals surface area contributed by atoms with Crippen LogP contribution in [0, 0.1) is 0 Å². The summed E-state index contributed by atoms with van der Waals surface area (Å²) in [6, 6.07) is 7.99. The Labute approximate surface area is 149 Å². The largest absolute Gasteiger partial charge is 0.365 e. The molecule has 128 valence electrons. The quantitative estimate of drug-likeness (QED) is 0.686. The van der Waals surface area contributed by atoms with Crippen molar-refractivity contribution in [3.8, 4) is 0 Å². The molecule has 5 N–H and O–H groups in total. The van der Waals surface area contributed by atoms with Crippen molar-refractivity contribution in [3.63, 3.8) is 0 Å². The van der Waals surface area contributed by atoms with Crippen LogP contribution in [-0.2, 0) is 4.79 Å². The van der Waals surface area contributed by atoms with E-state index < -0.39 is 5.91 Å². The number of thioether (sulfide) groups is 1. The average molecular weight is 364 g/mol. The van der Waals surface area contributed by atoms with Crippen molar-refractivity contribution in [2.45, 2.75) is 29.8 Å². The molecule has 0 bridgehead atoms. The molecule has 1 aromatic heterocycles. The van der Waals surface area contributed by atoms with Gasteiger partial charge in [0.1, 0.15) is 0 Å². The molecule has 2 heterocycles. The van der Waals surface area contributed by atoms with Gasteiger partial charge in [-0.3, -0.25) is 9.59 Å². The SMILES string of the molecule is NCCCNC(=O)C1CCC(c2cccc3sc(C(N)=O)cc23)S1. The van der Waals surface area contributed by atoms with Gasteiger partial charge in [-0.1, -0.05) is 12.1 Å². The summed E-state index contributed by atoms with van der Waals surface area (Å²) < 4.78 is 1.07. The molecule has 2 aromatic rings. The van der Waals surface area contributed by atoms with Gasteiger partial charge in [0.2, 0.25) is 5.91 Å². The van der Waals surface area contributed by atoms with Crippen LogP contribution in [0.1, 0.15) is 39.7 Å². The number of fused-ring (bicyclic) bond motifs is 1. The van der Waals surface area contributed by atoms with Gasteiger partial charge in [-0.15, -0.1) is 23.1 Å². The van der Waals surface area contributed by atoms with Gasteiger partial charge in [-0.2, -0.15) is 0 Å². The number of rotatable bonds is 6. The van der Waals surface area contributed by atoms with E-state index in [0.717, 1.165) is 29.3 Å². The maximum atomic E-state index is 12.2. The van der Waals surface area contributed by atoms with Crippen LogP contribution in [0.15, 0.2) is 24.3 Å². The fourth-order valence-corrected chi connectivity index (χ4v) is 5.42. The van der Waals surface area contributed by atoms with Crippen LogP contribution in [0.2, 0.25) is 0 Å². The van der Waals surface area contributed by atoms with Gasteiger partial charge in [0.15, 0.2) is 0 Å². The van der Waals surface area contributed by atoms with Crippen molar-refractivity contribution < 1.29 is 9.59 Å². The second kappa shape index (κ2) is 7.55. The van der Waals surface area contributed by atoms with Crippen LogP contribution in [0.3, 0.4) is 0 Å². The molecule has 2 unspecified atom stereocenters. The van der Waals surface area contributed by atoms with Crippen molar-refractivity contribution >= 4 is 45.0 Å². The maximum Gasteiger partial charge on any atom is 0.258 e. The van der Waals surface area contributed by atoms with E-state index in [1.807, 2.05) is 18.2 Å². The minimum absolute atomic E-state index is 0.0164. The van der Waals surface area contributed by atoms with Gasteiger partial charge in [-0.05, 0) is 48.9 Å². The molecule has 7 heteroatoms. The molecule has 2 amide bonds. The molecule has 5 nitrogen and oxygen atoms in total. The Morgan fingerprint density at radius 3 is 2.88 bits per heavy atom. The lowest BCUT2D eigenvalue weighted by Gasteiger charge is -2.13. The molecular formula is C17H21N3O2S2. The Morgan fingerprint density at radius 1 is 1.29 bits per heavy atom. The second-order valence-electron chi connectivity index (χ2n) is 5.86. The second-order valence-corrected chi connectivity index (χ2v) is 8.35. The summed E-state index contributed by atoms with van der Waals surface area (Å²) in [7, 11) is 0. The summed E-state index contributed by atoms with van der Waals surface area (Å²) in [6.45, 7) is 1.22. The molecule has 3 rings (SSSR count). The third-order valence-electron chi connectivity index (χ3n) is 4.18. The first kappa shape index (κ1) is 17.3. The van der Waals surface area contributed by atoms with Crippen molar-refractivity contribution in [1.29, 1.82) is 0 Å². The lowest BCUT2D eigenvalue weighted by Crippen LogP contribution is -2.32. The Bertz CT molecular complexity index is 759. The number of nitrogens with one attached hydrogen (secondary N) is 1. The average Bonchev–Trinajstić information content (AvgIpc) is 3.21. The van der Waals surface area contributed by atoms with Crippen molar-refractivity contribution in [2.75, 3.05) is 13.1 Å². The van der Waals surface area contributed by atoms with Crippen LogP contribution in [0.5, 0.6) is 0 Å². The van der Waals surface area contributed by atoms with Gasteiger partial charge < -0.3 is 16.8 Å². The van der Waals surface area contributed by atoms with Crippen LogP contribution >= 0.6 is 23.1 Å². The Kier molecular flexibility index (Phi) is 5.43. The minimum Gasteiger partial charge on any atom is -0.365 e. The third kappa shape index (κ3) is 3.58. The molecule has 2 atom stereocenters. The van der Waals surface area contributed by atoms with Crippen LogP contribution < -0.4 is 16.8 Å². The molecule has 0 spiro atoms. The molecule has 1 aromatic carbocycles. The number of benzene rings is 1. The lowest BCUT2D eigenvalue weighted by molar-refractivity contribution is -0.120. The maximum absolute atomic E-state index is 12.2. The fraction of sp³-hybridized carbons (Fsp3) is 0.412. The van der Waals surface area contributed by atoms with E-state index in [2.05, 4.69) is 11.4 Å². The van der Waals surface area contributed by atoms with E-state index in [9.17, 15) is 9.59 Å². The number of primary amides is 1. The molecule has 0 aliphatic carbocycles. The molecular weight excluding hydrogens is 342 g/mol.